The normalized spacial score (nSPS) is 16.1. The summed E-state index contributed by atoms with van der Waals surface area (Å²) in [6, 6.07) is 17.9. The summed E-state index contributed by atoms with van der Waals surface area (Å²) >= 11 is 0. The van der Waals surface area contributed by atoms with Crippen LogP contribution < -0.4 is 9.64 Å². The zero-order valence-corrected chi connectivity index (χ0v) is 15.6. The van der Waals surface area contributed by atoms with Gasteiger partial charge in [0.2, 0.25) is 12.3 Å². The molecular weight excluding hydrogens is 356 g/mol. The molecule has 7 nitrogen and oxygen atoms in total. The molecule has 2 heterocycles. The molecule has 1 saturated heterocycles. The zero-order valence-electron chi connectivity index (χ0n) is 15.6. The number of aliphatic hydroxyl groups is 1. The lowest BCUT2D eigenvalue weighted by molar-refractivity contribution is 0.0663. The van der Waals surface area contributed by atoms with Crippen molar-refractivity contribution < 1.29 is 14.3 Å². The van der Waals surface area contributed by atoms with E-state index in [0.717, 1.165) is 31.7 Å². The van der Waals surface area contributed by atoms with Crippen LogP contribution in [0.15, 0.2) is 65.4 Å². The minimum Gasteiger partial charge on any atom is -0.491 e. The fraction of sp³-hybridized carbons (Fsp3) is 0.333. The van der Waals surface area contributed by atoms with Gasteiger partial charge in [-0.2, -0.15) is 0 Å². The Kier molecular flexibility index (Phi) is 5.84. The Balaban J connectivity index is 1.23. The van der Waals surface area contributed by atoms with Crippen LogP contribution in [-0.4, -0.2) is 65.6 Å². The second kappa shape index (κ2) is 8.86. The third-order valence-corrected chi connectivity index (χ3v) is 4.85. The molecule has 1 aliphatic rings. The molecule has 7 heteroatoms. The number of piperazine rings is 1. The molecular formula is C21H24N4O3. The Morgan fingerprint density at radius 3 is 2.61 bits per heavy atom. The van der Waals surface area contributed by atoms with Gasteiger partial charge in [-0.15, -0.1) is 10.2 Å². The molecule has 0 aliphatic carbocycles. The molecule has 0 bridgehead atoms. The quantitative estimate of drug-likeness (QED) is 0.674. The lowest BCUT2D eigenvalue weighted by atomic mass is 10.2. The third-order valence-electron chi connectivity index (χ3n) is 4.85. The van der Waals surface area contributed by atoms with Gasteiger partial charge in [-0.25, -0.2) is 0 Å². The van der Waals surface area contributed by atoms with E-state index in [1.165, 1.54) is 12.1 Å². The van der Waals surface area contributed by atoms with Crippen molar-refractivity contribution >= 4 is 5.69 Å². The number of hydrogen-bond donors (Lipinski definition) is 1. The van der Waals surface area contributed by atoms with E-state index in [-0.39, 0.29) is 6.61 Å². The highest BCUT2D eigenvalue weighted by Gasteiger charge is 2.19. The molecule has 146 valence electrons. The largest absolute Gasteiger partial charge is 0.491 e. The summed E-state index contributed by atoms with van der Waals surface area (Å²) < 4.78 is 11.0. The molecule has 4 rings (SSSR count). The first-order valence-corrected chi connectivity index (χ1v) is 9.48. The fourth-order valence-corrected chi connectivity index (χ4v) is 3.39. The number of anilines is 1. The van der Waals surface area contributed by atoms with Crippen molar-refractivity contribution in [2.45, 2.75) is 6.10 Å². The molecule has 0 amide bonds. The predicted octanol–water partition coefficient (Wildman–Crippen LogP) is 2.30. The molecule has 3 aromatic rings. The smallest absolute Gasteiger partial charge is 0.247 e. The van der Waals surface area contributed by atoms with E-state index in [1.807, 2.05) is 30.3 Å². The van der Waals surface area contributed by atoms with Crippen LogP contribution in [-0.2, 0) is 0 Å². The average molecular weight is 380 g/mol. The van der Waals surface area contributed by atoms with Crippen molar-refractivity contribution in [1.82, 2.24) is 15.1 Å². The number of aliphatic hydroxyl groups excluding tert-OH is 1. The number of para-hydroxylation sites is 1. The second-order valence-electron chi connectivity index (χ2n) is 6.86. The van der Waals surface area contributed by atoms with Gasteiger partial charge in [-0.3, -0.25) is 4.90 Å². The van der Waals surface area contributed by atoms with Gasteiger partial charge >= 0.3 is 0 Å². The third kappa shape index (κ3) is 4.68. The summed E-state index contributed by atoms with van der Waals surface area (Å²) in [6.07, 6.45) is 0.750. The highest BCUT2D eigenvalue weighted by molar-refractivity contribution is 5.55. The highest BCUT2D eigenvalue weighted by atomic mass is 16.5. The van der Waals surface area contributed by atoms with Gasteiger partial charge in [-0.05, 0) is 30.3 Å². The first-order valence-electron chi connectivity index (χ1n) is 9.48. The number of benzene rings is 2. The summed E-state index contributed by atoms with van der Waals surface area (Å²) in [5, 5.41) is 18.0. The maximum atomic E-state index is 10.4. The fourth-order valence-electron chi connectivity index (χ4n) is 3.39. The summed E-state index contributed by atoms with van der Waals surface area (Å²) in [7, 11) is 0. The van der Waals surface area contributed by atoms with Gasteiger partial charge in [0.05, 0.1) is 0 Å². The maximum absolute atomic E-state index is 10.4. The van der Waals surface area contributed by atoms with Crippen molar-refractivity contribution in [3.05, 3.63) is 61.0 Å². The van der Waals surface area contributed by atoms with Crippen molar-refractivity contribution in [3.8, 4) is 17.2 Å². The van der Waals surface area contributed by atoms with Gasteiger partial charge in [0.1, 0.15) is 18.5 Å². The standard InChI is InChI=1S/C21H24N4O3/c26-19(14-24-9-11-25(12-10-24)18-6-2-1-3-7-18)15-27-20-8-4-5-17(13-20)21-23-22-16-28-21/h1-8,13,16,19,26H,9-12,14-15H2. The van der Waals surface area contributed by atoms with Crippen LogP contribution in [0.4, 0.5) is 5.69 Å². The van der Waals surface area contributed by atoms with E-state index in [4.69, 9.17) is 9.15 Å². The van der Waals surface area contributed by atoms with Crippen LogP contribution in [0.1, 0.15) is 0 Å². The van der Waals surface area contributed by atoms with Crippen LogP contribution in [0.3, 0.4) is 0 Å². The highest BCUT2D eigenvalue weighted by Crippen LogP contribution is 2.22. The van der Waals surface area contributed by atoms with Gasteiger partial charge < -0.3 is 19.2 Å². The van der Waals surface area contributed by atoms with E-state index in [1.54, 1.807) is 0 Å². The Morgan fingerprint density at radius 1 is 1.04 bits per heavy atom. The molecule has 1 N–H and O–H groups in total. The molecule has 1 unspecified atom stereocenters. The van der Waals surface area contributed by atoms with E-state index < -0.39 is 6.10 Å². The second-order valence-corrected chi connectivity index (χ2v) is 6.86. The van der Waals surface area contributed by atoms with Crippen LogP contribution in [0.25, 0.3) is 11.5 Å². The van der Waals surface area contributed by atoms with E-state index in [0.29, 0.717) is 18.2 Å². The molecule has 0 saturated carbocycles. The molecule has 2 aromatic carbocycles. The summed E-state index contributed by atoms with van der Waals surface area (Å²) in [6.45, 7) is 4.63. The van der Waals surface area contributed by atoms with Crippen LogP contribution >= 0.6 is 0 Å². The molecule has 1 atom stereocenters. The predicted molar refractivity (Wildman–Crippen MR) is 106 cm³/mol. The Labute approximate surface area is 164 Å². The Bertz CT molecular complexity index is 849. The van der Waals surface area contributed by atoms with Gasteiger partial charge in [0, 0.05) is 44.0 Å². The van der Waals surface area contributed by atoms with Crippen LogP contribution in [0.5, 0.6) is 5.75 Å². The van der Waals surface area contributed by atoms with Gasteiger partial charge in [0.25, 0.3) is 0 Å². The molecule has 1 aliphatic heterocycles. The lowest BCUT2D eigenvalue weighted by Crippen LogP contribution is -2.49. The number of nitrogens with zero attached hydrogens (tertiary/aromatic N) is 4. The monoisotopic (exact) mass is 380 g/mol. The zero-order chi connectivity index (χ0) is 19.2. The first kappa shape index (κ1) is 18.5. The summed E-state index contributed by atoms with van der Waals surface area (Å²) in [4.78, 5) is 4.66. The molecule has 1 fully saturated rings. The molecule has 0 radical (unpaired) electrons. The number of aromatic nitrogens is 2. The molecule has 28 heavy (non-hydrogen) atoms. The maximum Gasteiger partial charge on any atom is 0.247 e. The number of ether oxygens (including phenoxy) is 1. The molecule has 0 spiro atoms. The topological polar surface area (TPSA) is 74.9 Å². The Morgan fingerprint density at radius 2 is 1.86 bits per heavy atom. The molecule has 1 aromatic heterocycles. The van der Waals surface area contributed by atoms with Crippen LogP contribution in [0, 0.1) is 0 Å². The van der Waals surface area contributed by atoms with E-state index >= 15 is 0 Å². The lowest BCUT2D eigenvalue weighted by Gasteiger charge is -2.36. The Hall–Kier alpha value is -2.90. The number of rotatable bonds is 7. The van der Waals surface area contributed by atoms with Crippen LogP contribution in [0.2, 0.25) is 0 Å². The minimum atomic E-state index is -0.546. The van der Waals surface area contributed by atoms with Gasteiger partial charge in [0.15, 0.2) is 0 Å². The van der Waals surface area contributed by atoms with Gasteiger partial charge in [-0.1, -0.05) is 24.3 Å². The summed E-state index contributed by atoms with van der Waals surface area (Å²) in [5.41, 5.74) is 2.05. The minimum absolute atomic E-state index is 0.242. The SMILES string of the molecule is OC(COc1cccc(-c2nnco2)c1)CN1CCN(c2ccccc2)CC1. The van der Waals surface area contributed by atoms with Crippen molar-refractivity contribution in [2.24, 2.45) is 0 Å². The number of β-amino-alcohol motifs (C(OH)–C–C–N with tert-alkyl or cyclic N) is 1. The summed E-state index contributed by atoms with van der Waals surface area (Å²) in [5.74, 6) is 1.12. The average Bonchev–Trinajstić information content (AvgIpc) is 3.29. The van der Waals surface area contributed by atoms with Crippen molar-refractivity contribution in [1.29, 1.82) is 0 Å². The van der Waals surface area contributed by atoms with E-state index in [2.05, 4.69) is 44.3 Å². The van der Waals surface area contributed by atoms with E-state index in [9.17, 15) is 5.11 Å². The first-order chi connectivity index (χ1) is 13.8. The van der Waals surface area contributed by atoms with Crippen molar-refractivity contribution in [2.75, 3.05) is 44.2 Å². The van der Waals surface area contributed by atoms with Crippen molar-refractivity contribution in [3.63, 3.8) is 0 Å². The number of hydrogen-bond acceptors (Lipinski definition) is 7.